The molecule has 1 aliphatic carbocycles. The number of guanidine groups is 1. The number of rotatable bonds is 8. The Labute approximate surface area is 214 Å². The van der Waals surface area contributed by atoms with E-state index in [1.54, 1.807) is 16.2 Å². The van der Waals surface area contributed by atoms with Crippen LogP contribution in [0.1, 0.15) is 50.4 Å². The number of aliphatic imine (C=N–C) groups is 1. The van der Waals surface area contributed by atoms with E-state index in [0.29, 0.717) is 6.54 Å². The molecular weight excluding hydrogens is 537 g/mol. The summed E-state index contributed by atoms with van der Waals surface area (Å²) in [6.07, 6.45) is 4.31. The smallest absolute Gasteiger partial charge is 0.230 e. The number of hydrogen-bond donors (Lipinski definition) is 2. The van der Waals surface area contributed by atoms with E-state index in [1.807, 2.05) is 14.1 Å². The number of nitrogens with one attached hydrogen (secondary N) is 2. The molecule has 2 aliphatic rings. The van der Waals surface area contributed by atoms with Crippen LogP contribution < -0.4 is 10.6 Å². The zero-order valence-electron chi connectivity index (χ0n) is 19.9. The molecule has 0 aromatic carbocycles. The van der Waals surface area contributed by atoms with Crippen LogP contribution in [0, 0.1) is 5.41 Å². The van der Waals surface area contributed by atoms with Crippen LogP contribution in [0.3, 0.4) is 0 Å². The van der Waals surface area contributed by atoms with Crippen molar-refractivity contribution in [2.45, 2.75) is 51.7 Å². The first-order valence-electron chi connectivity index (χ1n) is 11.6. The standard InChI is InChI=1S/C23H39N5O2S.HI/c1-5-24-22(26-17-23(10-6-7-11-23)21(29)27(3)4)25-15-19(20-9-8-14-31-20)28-12-13-30-18(2)16-28;/h8-9,14,18-19H,5-7,10-13,15-17H2,1-4H3,(H2,24,25,26);1H. The molecule has 1 saturated heterocycles. The number of nitrogens with zero attached hydrogens (tertiary/aromatic N) is 3. The first-order chi connectivity index (χ1) is 14.9. The lowest BCUT2D eigenvalue weighted by Crippen LogP contribution is -2.48. The van der Waals surface area contributed by atoms with Crippen LogP contribution in [0.4, 0.5) is 0 Å². The highest BCUT2D eigenvalue weighted by atomic mass is 127. The second kappa shape index (κ2) is 13.1. The molecule has 32 heavy (non-hydrogen) atoms. The van der Waals surface area contributed by atoms with E-state index in [9.17, 15) is 4.79 Å². The molecule has 1 aliphatic heterocycles. The SMILES string of the molecule is CCNC(=NCC1(C(=O)N(C)C)CCCC1)NCC(c1cccs1)N1CCOC(C)C1.I. The van der Waals surface area contributed by atoms with Crippen LogP contribution in [-0.2, 0) is 9.53 Å². The molecular formula is C23H40IN5O2S. The van der Waals surface area contributed by atoms with E-state index in [1.165, 1.54) is 4.88 Å². The summed E-state index contributed by atoms with van der Waals surface area (Å²) in [6.45, 7) is 8.95. The molecule has 1 aromatic rings. The van der Waals surface area contributed by atoms with Crippen LogP contribution in [0.5, 0.6) is 0 Å². The van der Waals surface area contributed by atoms with Crippen molar-refractivity contribution in [2.24, 2.45) is 10.4 Å². The summed E-state index contributed by atoms with van der Waals surface area (Å²) < 4.78 is 5.76. The Morgan fingerprint density at radius 1 is 1.38 bits per heavy atom. The third kappa shape index (κ3) is 7.04. The third-order valence-corrected chi connectivity index (χ3v) is 7.33. The Kier molecular flexibility index (Phi) is 11.2. The predicted molar refractivity (Wildman–Crippen MR) is 143 cm³/mol. The van der Waals surface area contributed by atoms with Gasteiger partial charge in [0.05, 0.1) is 30.7 Å². The molecule has 2 unspecified atom stereocenters. The number of hydrogen-bond acceptors (Lipinski definition) is 5. The van der Waals surface area contributed by atoms with Crippen LogP contribution in [0.25, 0.3) is 0 Å². The minimum absolute atomic E-state index is 0. The van der Waals surface area contributed by atoms with Gasteiger partial charge in [-0.25, -0.2) is 0 Å². The third-order valence-electron chi connectivity index (χ3n) is 6.35. The molecule has 0 spiro atoms. The van der Waals surface area contributed by atoms with Crippen LogP contribution in [-0.4, -0.2) is 81.2 Å². The van der Waals surface area contributed by atoms with E-state index in [0.717, 1.165) is 64.4 Å². The molecule has 0 bridgehead atoms. The van der Waals surface area contributed by atoms with E-state index in [-0.39, 0.29) is 47.4 Å². The fourth-order valence-corrected chi connectivity index (χ4v) is 5.61. The van der Waals surface area contributed by atoms with E-state index in [4.69, 9.17) is 9.73 Å². The Morgan fingerprint density at radius 3 is 2.72 bits per heavy atom. The molecule has 1 saturated carbocycles. The van der Waals surface area contributed by atoms with Gasteiger partial charge in [0.25, 0.3) is 0 Å². The molecule has 3 rings (SSSR count). The molecule has 2 fully saturated rings. The van der Waals surface area contributed by atoms with Gasteiger partial charge in [-0.15, -0.1) is 35.3 Å². The molecule has 1 aromatic heterocycles. The molecule has 0 radical (unpaired) electrons. The average Bonchev–Trinajstić information content (AvgIpc) is 3.45. The second-order valence-corrected chi connectivity index (χ2v) is 9.95. The fourth-order valence-electron chi connectivity index (χ4n) is 4.75. The number of morpholine rings is 1. The first-order valence-corrected chi connectivity index (χ1v) is 12.5. The van der Waals surface area contributed by atoms with Crippen LogP contribution in [0.15, 0.2) is 22.5 Å². The van der Waals surface area contributed by atoms with Gasteiger partial charge in [0.2, 0.25) is 5.91 Å². The quantitative estimate of drug-likeness (QED) is 0.282. The summed E-state index contributed by atoms with van der Waals surface area (Å²) in [6, 6.07) is 4.61. The first kappa shape index (κ1) is 27.3. The maximum atomic E-state index is 12.9. The lowest BCUT2D eigenvalue weighted by atomic mass is 9.85. The van der Waals surface area contributed by atoms with Crippen molar-refractivity contribution in [2.75, 3.05) is 53.4 Å². The highest BCUT2D eigenvalue weighted by Crippen LogP contribution is 2.39. The molecule has 9 heteroatoms. The molecule has 1 amide bonds. The van der Waals surface area contributed by atoms with Crippen molar-refractivity contribution in [3.63, 3.8) is 0 Å². The van der Waals surface area contributed by atoms with Crippen molar-refractivity contribution in [1.82, 2.24) is 20.4 Å². The van der Waals surface area contributed by atoms with E-state index >= 15 is 0 Å². The summed E-state index contributed by atoms with van der Waals surface area (Å²) in [5.41, 5.74) is -0.349. The molecule has 2 atom stereocenters. The van der Waals surface area contributed by atoms with Gasteiger partial charge >= 0.3 is 0 Å². The average molecular weight is 578 g/mol. The summed E-state index contributed by atoms with van der Waals surface area (Å²) >= 11 is 1.80. The number of carbonyl (C=O) groups excluding carboxylic acids is 1. The number of halogens is 1. The number of ether oxygens (including phenoxy) is 1. The minimum Gasteiger partial charge on any atom is -0.376 e. The van der Waals surface area contributed by atoms with Crippen molar-refractivity contribution in [1.29, 1.82) is 0 Å². The van der Waals surface area contributed by atoms with Crippen LogP contribution >= 0.6 is 35.3 Å². The maximum Gasteiger partial charge on any atom is 0.230 e. The lowest BCUT2D eigenvalue weighted by molar-refractivity contribution is -0.138. The van der Waals surface area contributed by atoms with Crippen molar-refractivity contribution >= 4 is 47.2 Å². The molecule has 2 N–H and O–H groups in total. The zero-order chi connectivity index (χ0) is 22.3. The normalized spacial score (nSPS) is 22.1. The topological polar surface area (TPSA) is 69.2 Å². The molecule has 182 valence electrons. The predicted octanol–water partition coefficient (Wildman–Crippen LogP) is 3.33. The van der Waals surface area contributed by atoms with Crippen LogP contribution in [0.2, 0.25) is 0 Å². The highest BCUT2D eigenvalue weighted by Gasteiger charge is 2.42. The van der Waals surface area contributed by atoms with Crippen molar-refractivity contribution in [3.05, 3.63) is 22.4 Å². The van der Waals surface area contributed by atoms with Gasteiger partial charge in [-0.3, -0.25) is 14.7 Å². The summed E-state index contributed by atoms with van der Waals surface area (Å²) in [7, 11) is 3.70. The highest BCUT2D eigenvalue weighted by molar-refractivity contribution is 14.0. The minimum atomic E-state index is -0.349. The lowest BCUT2D eigenvalue weighted by Gasteiger charge is -2.37. The van der Waals surface area contributed by atoms with Gasteiger partial charge < -0.3 is 20.3 Å². The van der Waals surface area contributed by atoms with E-state index in [2.05, 4.69) is 46.9 Å². The summed E-state index contributed by atoms with van der Waals surface area (Å²) in [5, 5.41) is 9.09. The summed E-state index contributed by atoms with van der Waals surface area (Å²) in [5.74, 6) is 1.01. The summed E-state index contributed by atoms with van der Waals surface area (Å²) in [4.78, 5) is 23.4. The largest absolute Gasteiger partial charge is 0.376 e. The monoisotopic (exact) mass is 577 g/mol. The Hall–Kier alpha value is -0.910. The number of amides is 1. The Balaban J connectivity index is 0.00000363. The zero-order valence-corrected chi connectivity index (χ0v) is 23.1. The van der Waals surface area contributed by atoms with Crippen molar-refractivity contribution in [3.8, 4) is 0 Å². The van der Waals surface area contributed by atoms with Gasteiger partial charge in [0.1, 0.15) is 0 Å². The van der Waals surface area contributed by atoms with Gasteiger partial charge in [0, 0.05) is 45.2 Å². The molecule has 7 nitrogen and oxygen atoms in total. The number of carbonyl (C=O) groups is 1. The van der Waals surface area contributed by atoms with Gasteiger partial charge in [-0.2, -0.15) is 0 Å². The Bertz CT molecular complexity index is 722. The van der Waals surface area contributed by atoms with Gasteiger partial charge in [0.15, 0.2) is 5.96 Å². The van der Waals surface area contributed by atoms with E-state index < -0.39 is 0 Å². The molecule has 2 heterocycles. The van der Waals surface area contributed by atoms with Crippen molar-refractivity contribution < 1.29 is 9.53 Å². The fraction of sp³-hybridized carbons (Fsp3) is 0.739. The Morgan fingerprint density at radius 2 is 2.12 bits per heavy atom. The van der Waals surface area contributed by atoms with Gasteiger partial charge in [-0.05, 0) is 38.1 Å². The maximum absolute atomic E-state index is 12.9. The second-order valence-electron chi connectivity index (χ2n) is 8.97. The number of thiophene rings is 1. The van der Waals surface area contributed by atoms with Gasteiger partial charge in [-0.1, -0.05) is 18.9 Å².